The number of methoxy groups -OCH3 is 1. The molecular weight excluding hydrogens is 258 g/mol. The van der Waals surface area contributed by atoms with Gasteiger partial charge in [-0.15, -0.1) is 6.58 Å². The van der Waals surface area contributed by atoms with Crippen molar-refractivity contribution in [2.45, 2.75) is 25.8 Å². The average Bonchev–Trinajstić information content (AvgIpc) is 2.40. The molecule has 0 unspecified atom stereocenters. The second-order valence-corrected chi connectivity index (χ2v) is 5.18. The average molecular weight is 279 g/mol. The Bertz CT molecular complexity index is 509. The second-order valence-electron chi connectivity index (χ2n) is 5.18. The molecule has 1 aromatic carbocycles. The van der Waals surface area contributed by atoms with E-state index in [0.717, 1.165) is 5.56 Å². The molecule has 0 atom stereocenters. The number of ether oxygens (including phenoxy) is 1. The zero-order valence-electron chi connectivity index (χ0n) is 12.1. The molecule has 5 heteroatoms. The van der Waals surface area contributed by atoms with E-state index in [4.69, 9.17) is 4.74 Å². The van der Waals surface area contributed by atoms with Crippen LogP contribution in [0.25, 0.3) is 0 Å². The van der Waals surface area contributed by atoms with Crippen molar-refractivity contribution < 1.29 is 19.7 Å². The number of phenols is 1. The van der Waals surface area contributed by atoms with Crippen molar-refractivity contribution in [2.24, 2.45) is 0 Å². The van der Waals surface area contributed by atoms with Crippen LogP contribution in [0.15, 0.2) is 24.8 Å². The predicted octanol–water partition coefficient (Wildman–Crippen LogP) is 1.63. The van der Waals surface area contributed by atoms with Crippen molar-refractivity contribution in [1.82, 2.24) is 5.32 Å². The lowest BCUT2D eigenvalue weighted by molar-refractivity contribution is 0.0866. The molecule has 0 bridgehead atoms. The van der Waals surface area contributed by atoms with Crippen molar-refractivity contribution in [3.63, 3.8) is 0 Å². The first-order valence-electron chi connectivity index (χ1n) is 6.28. The Morgan fingerprint density at radius 2 is 2.15 bits per heavy atom. The van der Waals surface area contributed by atoms with Crippen molar-refractivity contribution in [3.8, 4) is 11.5 Å². The number of rotatable bonds is 6. The summed E-state index contributed by atoms with van der Waals surface area (Å²) in [5, 5.41) is 21.9. The van der Waals surface area contributed by atoms with Crippen LogP contribution in [0.1, 0.15) is 29.8 Å². The Morgan fingerprint density at radius 1 is 1.50 bits per heavy atom. The summed E-state index contributed by atoms with van der Waals surface area (Å²) in [5.74, 6) is -0.450. The first kappa shape index (κ1) is 16.0. The summed E-state index contributed by atoms with van der Waals surface area (Å²) in [6, 6.07) is 3.24. The lowest BCUT2D eigenvalue weighted by atomic mass is 10.0. The second kappa shape index (κ2) is 6.43. The molecule has 0 heterocycles. The fourth-order valence-corrected chi connectivity index (χ4v) is 1.69. The highest BCUT2D eigenvalue weighted by Gasteiger charge is 2.23. The summed E-state index contributed by atoms with van der Waals surface area (Å²) < 4.78 is 5.07. The van der Waals surface area contributed by atoms with Crippen LogP contribution >= 0.6 is 0 Å². The third-order valence-corrected chi connectivity index (χ3v) is 2.83. The summed E-state index contributed by atoms with van der Waals surface area (Å²) in [6.45, 7) is 6.81. The first-order valence-corrected chi connectivity index (χ1v) is 6.28. The van der Waals surface area contributed by atoms with Crippen LogP contribution in [0.5, 0.6) is 11.5 Å². The molecule has 0 radical (unpaired) electrons. The maximum atomic E-state index is 12.2. The van der Waals surface area contributed by atoms with E-state index in [1.165, 1.54) is 7.11 Å². The number of aliphatic hydroxyl groups is 1. The topological polar surface area (TPSA) is 78.8 Å². The Hall–Kier alpha value is -2.01. The SMILES string of the molecule is C=CCc1cc(OC)c(O)c(C(=O)NC(C)(C)CO)c1. The molecule has 110 valence electrons. The third-order valence-electron chi connectivity index (χ3n) is 2.83. The molecule has 1 amide bonds. The van der Waals surface area contributed by atoms with Crippen molar-refractivity contribution in [1.29, 1.82) is 0 Å². The molecule has 0 spiro atoms. The van der Waals surface area contributed by atoms with Crippen LogP contribution in [0.2, 0.25) is 0 Å². The highest BCUT2D eigenvalue weighted by molar-refractivity contribution is 5.98. The van der Waals surface area contributed by atoms with Gasteiger partial charge in [-0.25, -0.2) is 0 Å². The van der Waals surface area contributed by atoms with Gasteiger partial charge in [-0.1, -0.05) is 6.08 Å². The van der Waals surface area contributed by atoms with Gasteiger partial charge < -0.3 is 20.3 Å². The highest BCUT2D eigenvalue weighted by Crippen LogP contribution is 2.32. The molecule has 0 aromatic heterocycles. The van der Waals surface area contributed by atoms with Crippen LogP contribution in [0, 0.1) is 0 Å². The number of aromatic hydroxyl groups is 1. The number of carbonyl (C=O) groups excluding carboxylic acids is 1. The fraction of sp³-hybridized carbons (Fsp3) is 0.400. The molecule has 0 saturated heterocycles. The van der Waals surface area contributed by atoms with Gasteiger partial charge >= 0.3 is 0 Å². The fourth-order valence-electron chi connectivity index (χ4n) is 1.69. The predicted molar refractivity (Wildman–Crippen MR) is 77.2 cm³/mol. The monoisotopic (exact) mass is 279 g/mol. The van der Waals surface area contributed by atoms with E-state index in [1.54, 1.807) is 32.1 Å². The van der Waals surface area contributed by atoms with E-state index in [9.17, 15) is 15.0 Å². The summed E-state index contributed by atoms with van der Waals surface area (Å²) >= 11 is 0. The quantitative estimate of drug-likeness (QED) is 0.692. The summed E-state index contributed by atoms with van der Waals surface area (Å²) in [6.07, 6.45) is 2.26. The lowest BCUT2D eigenvalue weighted by Gasteiger charge is -2.24. The first-order chi connectivity index (χ1) is 9.34. The summed E-state index contributed by atoms with van der Waals surface area (Å²) in [4.78, 5) is 12.2. The maximum absolute atomic E-state index is 12.2. The number of carbonyl (C=O) groups is 1. The Labute approximate surface area is 118 Å². The van der Waals surface area contributed by atoms with Crippen LogP contribution in [-0.2, 0) is 6.42 Å². The number of phenolic OH excluding ortho intramolecular Hbond substituents is 1. The largest absolute Gasteiger partial charge is 0.504 e. The lowest BCUT2D eigenvalue weighted by Crippen LogP contribution is -2.46. The zero-order chi connectivity index (χ0) is 15.3. The van der Waals surface area contributed by atoms with Crippen LogP contribution < -0.4 is 10.1 Å². The minimum absolute atomic E-state index is 0.114. The molecule has 5 nitrogen and oxygen atoms in total. The van der Waals surface area contributed by atoms with Gasteiger partial charge in [0.1, 0.15) is 0 Å². The number of nitrogens with one attached hydrogen (secondary N) is 1. The van der Waals surface area contributed by atoms with E-state index in [2.05, 4.69) is 11.9 Å². The van der Waals surface area contributed by atoms with E-state index in [1.807, 2.05) is 0 Å². The molecule has 0 fully saturated rings. The molecular formula is C15H21NO4. The minimum Gasteiger partial charge on any atom is -0.504 e. The maximum Gasteiger partial charge on any atom is 0.255 e. The van der Waals surface area contributed by atoms with E-state index >= 15 is 0 Å². The normalized spacial score (nSPS) is 11.0. The van der Waals surface area contributed by atoms with Gasteiger partial charge in [-0.05, 0) is 38.0 Å². The molecule has 3 N–H and O–H groups in total. The number of hydrogen-bond acceptors (Lipinski definition) is 4. The van der Waals surface area contributed by atoms with Crippen molar-refractivity contribution in [2.75, 3.05) is 13.7 Å². The van der Waals surface area contributed by atoms with Gasteiger partial charge in [-0.3, -0.25) is 4.79 Å². The van der Waals surface area contributed by atoms with Gasteiger partial charge in [0, 0.05) is 0 Å². The molecule has 1 rings (SSSR count). The van der Waals surface area contributed by atoms with Gasteiger partial charge in [0.2, 0.25) is 0 Å². The van der Waals surface area contributed by atoms with Gasteiger partial charge in [-0.2, -0.15) is 0 Å². The van der Waals surface area contributed by atoms with E-state index in [-0.39, 0.29) is 23.7 Å². The smallest absolute Gasteiger partial charge is 0.255 e. The van der Waals surface area contributed by atoms with Crippen LogP contribution in [0.4, 0.5) is 0 Å². The number of aliphatic hydroxyl groups excluding tert-OH is 1. The zero-order valence-corrected chi connectivity index (χ0v) is 12.1. The molecule has 0 aliphatic heterocycles. The Balaban J connectivity index is 3.18. The third kappa shape index (κ3) is 3.74. The van der Waals surface area contributed by atoms with Crippen LogP contribution in [0.3, 0.4) is 0 Å². The summed E-state index contributed by atoms with van der Waals surface area (Å²) in [5.41, 5.74) is 0.148. The van der Waals surface area contributed by atoms with Gasteiger partial charge in [0.25, 0.3) is 5.91 Å². The van der Waals surface area contributed by atoms with Crippen LogP contribution in [-0.4, -0.2) is 35.4 Å². The minimum atomic E-state index is -0.773. The highest BCUT2D eigenvalue weighted by atomic mass is 16.5. The number of hydrogen-bond donors (Lipinski definition) is 3. The molecule has 0 aliphatic carbocycles. The number of amides is 1. The standard InChI is InChI=1S/C15H21NO4/c1-5-6-10-7-11(13(18)12(8-10)20-4)14(19)16-15(2,3)9-17/h5,7-8,17-18H,1,6,9H2,2-4H3,(H,16,19). The molecule has 20 heavy (non-hydrogen) atoms. The van der Waals surface area contributed by atoms with Crippen molar-refractivity contribution in [3.05, 3.63) is 35.9 Å². The summed E-state index contributed by atoms with van der Waals surface area (Å²) in [7, 11) is 1.42. The number of benzene rings is 1. The molecule has 1 aromatic rings. The molecule has 0 saturated carbocycles. The Kier molecular flexibility index (Phi) is 5.16. The van der Waals surface area contributed by atoms with E-state index in [0.29, 0.717) is 6.42 Å². The Morgan fingerprint density at radius 3 is 2.65 bits per heavy atom. The van der Waals surface area contributed by atoms with Crippen molar-refractivity contribution >= 4 is 5.91 Å². The molecule has 0 aliphatic rings. The van der Waals surface area contributed by atoms with Gasteiger partial charge in [0.15, 0.2) is 11.5 Å². The van der Waals surface area contributed by atoms with Gasteiger partial charge in [0.05, 0.1) is 24.8 Å². The number of allylic oxidation sites excluding steroid dienone is 1. The van der Waals surface area contributed by atoms with E-state index < -0.39 is 11.4 Å².